The topological polar surface area (TPSA) is 65.5 Å². The first kappa shape index (κ1) is 17.8. The van der Waals surface area contributed by atoms with Crippen LogP contribution in [0.1, 0.15) is 5.01 Å². The fraction of sp³-hybridized carbons (Fsp3) is 0.211. The molecule has 4 rings (SSSR count). The molecule has 1 saturated heterocycles. The van der Waals surface area contributed by atoms with Crippen LogP contribution in [0.2, 0.25) is 5.02 Å². The van der Waals surface area contributed by atoms with Gasteiger partial charge in [-0.2, -0.15) is 0 Å². The van der Waals surface area contributed by atoms with Crippen molar-refractivity contribution in [2.24, 2.45) is 0 Å². The van der Waals surface area contributed by atoms with E-state index in [0.29, 0.717) is 23.8 Å². The van der Waals surface area contributed by atoms with E-state index in [1.165, 1.54) is 4.90 Å². The summed E-state index contributed by atoms with van der Waals surface area (Å²) in [6, 6.07) is 12.6. The Kier molecular flexibility index (Phi) is 4.72. The molecule has 1 N–H and O–H groups in total. The molecule has 3 amide bonds. The maximum atomic E-state index is 12.6. The summed E-state index contributed by atoms with van der Waals surface area (Å²) in [7, 11) is 0. The molecule has 138 valence electrons. The summed E-state index contributed by atoms with van der Waals surface area (Å²) in [5, 5.41) is 4.45. The number of anilines is 2. The Labute approximate surface area is 165 Å². The minimum Gasteiger partial charge on any atom is -0.324 e. The van der Waals surface area contributed by atoms with Crippen LogP contribution in [0.5, 0.6) is 0 Å². The second-order valence-electron chi connectivity index (χ2n) is 6.30. The predicted octanol–water partition coefficient (Wildman–Crippen LogP) is 4.14. The second-order valence-corrected chi connectivity index (χ2v) is 7.97. The predicted molar refractivity (Wildman–Crippen MR) is 109 cm³/mol. The van der Waals surface area contributed by atoms with Gasteiger partial charge in [0.2, 0.25) is 5.91 Å². The van der Waals surface area contributed by atoms with Crippen molar-refractivity contribution in [3.05, 3.63) is 52.5 Å². The van der Waals surface area contributed by atoms with Crippen LogP contribution in [-0.4, -0.2) is 41.5 Å². The fourth-order valence-electron chi connectivity index (χ4n) is 3.08. The number of aromatic nitrogens is 1. The van der Waals surface area contributed by atoms with Crippen molar-refractivity contribution in [2.45, 2.75) is 6.92 Å². The number of carbonyl (C=O) groups is 2. The maximum absolute atomic E-state index is 12.6. The van der Waals surface area contributed by atoms with Crippen LogP contribution < -0.4 is 10.2 Å². The summed E-state index contributed by atoms with van der Waals surface area (Å²) < 4.78 is 1.08. The van der Waals surface area contributed by atoms with Gasteiger partial charge in [0.15, 0.2) is 0 Å². The van der Waals surface area contributed by atoms with Crippen molar-refractivity contribution in [2.75, 3.05) is 29.9 Å². The smallest absolute Gasteiger partial charge is 0.324 e. The lowest BCUT2D eigenvalue weighted by atomic mass is 10.3. The summed E-state index contributed by atoms with van der Waals surface area (Å²) in [5.74, 6) is -0.229. The van der Waals surface area contributed by atoms with E-state index in [1.54, 1.807) is 40.5 Å². The first-order valence-corrected chi connectivity index (χ1v) is 9.68. The van der Waals surface area contributed by atoms with Gasteiger partial charge in [0.05, 0.1) is 15.2 Å². The van der Waals surface area contributed by atoms with Crippen LogP contribution >= 0.6 is 22.9 Å². The Morgan fingerprint density at radius 1 is 1.22 bits per heavy atom. The van der Waals surface area contributed by atoms with Gasteiger partial charge in [0.25, 0.3) is 0 Å². The van der Waals surface area contributed by atoms with E-state index < -0.39 is 0 Å². The van der Waals surface area contributed by atoms with Gasteiger partial charge in [-0.3, -0.25) is 9.69 Å². The molecule has 2 heterocycles. The van der Waals surface area contributed by atoms with E-state index in [-0.39, 0.29) is 18.5 Å². The van der Waals surface area contributed by atoms with Crippen LogP contribution in [0.3, 0.4) is 0 Å². The molecule has 0 bridgehead atoms. The largest absolute Gasteiger partial charge is 0.325 e. The van der Waals surface area contributed by atoms with E-state index in [0.717, 1.165) is 20.9 Å². The Morgan fingerprint density at radius 2 is 2.00 bits per heavy atom. The van der Waals surface area contributed by atoms with E-state index in [4.69, 9.17) is 11.6 Å². The lowest BCUT2D eigenvalue weighted by Gasteiger charge is -2.18. The van der Waals surface area contributed by atoms with Crippen LogP contribution in [0.15, 0.2) is 42.5 Å². The monoisotopic (exact) mass is 400 g/mol. The second kappa shape index (κ2) is 7.17. The van der Waals surface area contributed by atoms with Crippen LogP contribution in [0.4, 0.5) is 16.2 Å². The van der Waals surface area contributed by atoms with Gasteiger partial charge in [-0.1, -0.05) is 11.6 Å². The van der Waals surface area contributed by atoms with Crippen LogP contribution in [-0.2, 0) is 4.79 Å². The quantitative estimate of drug-likeness (QED) is 0.715. The Bertz CT molecular complexity index is 1020. The third-order valence-electron chi connectivity index (χ3n) is 4.35. The first-order chi connectivity index (χ1) is 13.0. The number of amides is 3. The number of thiazole rings is 1. The molecule has 1 aliphatic rings. The van der Waals surface area contributed by atoms with Crippen molar-refractivity contribution in [3.63, 3.8) is 0 Å². The lowest BCUT2D eigenvalue weighted by Crippen LogP contribution is -2.37. The molecule has 1 fully saturated rings. The molecule has 1 aromatic heterocycles. The molecule has 27 heavy (non-hydrogen) atoms. The summed E-state index contributed by atoms with van der Waals surface area (Å²) in [4.78, 5) is 32.6. The number of halogens is 1. The van der Waals surface area contributed by atoms with Gasteiger partial charge in [0.1, 0.15) is 6.54 Å². The zero-order valence-corrected chi connectivity index (χ0v) is 16.2. The molecule has 0 aliphatic carbocycles. The van der Waals surface area contributed by atoms with Gasteiger partial charge >= 0.3 is 6.03 Å². The van der Waals surface area contributed by atoms with Gasteiger partial charge in [-0.25, -0.2) is 9.78 Å². The molecule has 0 radical (unpaired) electrons. The number of carbonyl (C=O) groups excluding carboxylic acids is 2. The number of hydrogen-bond acceptors (Lipinski definition) is 4. The highest BCUT2D eigenvalue weighted by Crippen LogP contribution is 2.25. The average molecular weight is 401 g/mol. The highest BCUT2D eigenvalue weighted by Gasteiger charge is 2.30. The van der Waals surface area contributed by atoms with Crippen LogP contribution in [0.25, 0.3) is 10.2 Å². The summed E-state index contributed by atoms with van der Waals surface area (Å²) in [5.41, 5.74) is 2.32. The number of nitrogens with zero attached hydrogens (tertiary/aromatic N) is 3. The number of aryl methyl sites for hydroxylation is 1. The highest BCUT2D eigenvalue weighted by molar-refractivity contribution is 7.18. The minimum atomic E-state index is -0.229. The maximum Gasteiger partial charge on any atom is 0.325 e. The molecular weight excluding hydrogens is 384 g/mol. The van der Waals surface area contributed by atoms with Crippen LogP contribution in [0, 0.1) is 6.92 Å². The molecule has 0 spiro atoms. The fourth-order valence-corrected chi connectivity index (χ4v) is 4.02. The van der Waals surface area contributed by atoms with E-state index >= 15 is 0 Å². The van der Waals surface area contributed by atoms with Crippen molar-refractivity contribution in [3.8, 4) is 0 Å². The number of fused-ring (bicyclic) bond motifs is 1. The standard InChI is InChI=1S/C19H17ClN4O2S/c1-12-21-16-10-14(4-7-17(16)27-12)22-18(25)11-23-8-9-24(19(23)26)15-5-2-13(20)3-6-15/h2-7,10H,8-9,11H2,1H3,(H,22,25). The van der Waals surface area contributed by atoms with Gasteiger partial charge < -0.3 is 10.2 Å². The van der Waals surface area contributed by atoms with Gasteiger partial charge in [0, 0.05) is 29.5 Å². The van der Waals surface area contributed by atoms with E-state index in [2.05, 4.69) is 10.3 Å². The molecular formula is C19H17ClN4O2S. The molecule has 1 aliphatic heterocycles. The molecule has 8 heteroatoms. The third-order valence-corrected chi connectivity index (χ3v) is 5.55. The highest BCUT2D eigenvalue weighted by atomic mass is 35.5. The number of urea groups is 1. The number of benzene rings is 2. The average Bonchev–Trinajstić information content (AvgIpc) is 3.17. The minimum absolute atomic E-state index is 0.0110. The zero-order chi connectivity index (χ0) is 19.0. The normalized spacial score (nSPS) is 14.2. The molecule has 2 aromatic carbocycles. The first-order valence-electron chi connectivity index (χ1n) is 8.49. The number of rotatable bonds is 4. The van der Waals surface area contributed by atoms with E-state index in [1.807, 2.05) is 25.1 Å². The summed E-state index contributed by atoms with van der Waals surface area (Å²) in [6.45, 7) is 3.00. The molecule has 6 nitrogen and oxygen atoms in total. The Morgan fingerprint density at radius 3 is 2.78 bits per heavy atom. The van der Waals surface area contributed by atoms with Gasteiger partial charge in [-0.05, 0) is 49.4 Å². The molecule has 0 atom stereocenters. The Balaban J connectivity index is 1.40. The number of hydrogen-bond donors (Lipinski definition) is 1. The zero-order valence-electron chi connectivity index (χ0n) is 14.6. The molecule has 0 saturated carbocycles. The van der Waals surface area contributed by atoms with Crippen molar-refractivity contribution in [1.82, 2.24) is 9.88 Å². The third kappa shape index (κ3) is 3.74. The summed E-state index contributed by atoms with van der Waals surface area (Å²) in [6.07, 6.45) is 0. The SMILES string of the molecule is Cc1nc2cc(NC(=O)CN3CCN(c4ccc(Cl)cc4)C3=O)ccc2s1. The summed E-state index contributed by atoms with van der Waals surface area (Å²) >= 11 is 7.51. The number of nitrogens with one attached hydrogen (secondary N) is 1. The van der Waals surface area contributed by atoms with Crippen molar-refractivity contribution < 1.29 is 9.59 Å². The molecule has 0 unspecified atom stereocenters. The Hall–Kier alpha value is -2.64. The van der Waals surface area contributed by atoms with Crippen molar-refractivity contribution in [1.29, 1.82) is 0 Å². The lowest BCUT2D eigenvalue weighted by molar-refractivity contribution is -0.116. The van der Waals surface area contributed by atoms with Gasteiger partial charge in [-0.15, -0.1) is 11.3 Å². The van der Waals surface area contributed by atoms with Crippen molar-refractivity contribution >= 4 is 56.5 Å². The van der Waals surface area contributed by atoms with E-state index in [9.17, 15) is 9.59 Å². The molecule has 3 aromatic rings.